The Kier molecular flexibility index (Phi) is 3.13. The zero-order valence-electron chi connectivity index (χ0n) is 12.3. The second kappa shape index (κ2) is 5.13. The van der Waals surface area contributed by atoms with Crippen molar-refractivity contribution >= 4 is 6.34 Å². The van der Waals surface area contributed by atoms with E-state index in [1.165, 1.54) is 0 Å². The maximum atomic E-state index is 5.99. The predicted molar refractivity (Wildman–Crippen MR) is 82.1 cm³/mol. The highest BCUT2D eigenvalue weighted by Crippen LogP contribution is 2.40. The van der Waals surface area contributed by atoms with Crippen LogP contribution >= 0.6 is 0 Å². The Hall–Kier alpha value is -1.91. The van der Waals surface area contributed by atoms with Crippen LogP contribution in [0, 0.1) is 0 Å². The van der Waals surface area contributed by atoms with Crippen LogP contribution in [-0.4, -0.2) is 52.7 Å². The molecule has 2 atom stereocenters. The molecule has 4 rings (SSSR count). The molecule has 0 aromatic carbocycles. The molecule has 21 heavy (non-hydrogen) atoms. The summed E-state index contributed by atoms with van der Waals surface area (Å²) in [4.78, 5) is 6.84. The average molecular weight is 286 g/mol. The number of allylic oxidation sites excluding steroid dienone is 1. The summed E-state index contributed by atoms with van der Waals surface area (Å²) in [5, 5.41) is 4.71. The zero-order valence-corrected chi connectivity index (χ0v) is 12.3. The smallest absolute Gasteiger partial charge is 0.170 e. The molecule has 4 aliphatic heterocycles. The van der Waals surface area contributed by atoms with Gasteiger partial charge in [0.05, 0.1) is 19.1 Å². The lowest BCUT2D eigenvalue weighted by Crippen LogP contribution is -2.68. The van der Waals surface area contributed by atoms with Gasteiger partial charge in [0.15, 0.2) is 5.66 Å². The highest BCUT2D eigenvalue weighted by Gasteiger charge is 2.52. The normalized spacial score (nSPS) is 34.3. The van der Waals surface area contributed by atoms with Crippen LogP contribution in [0.5, 0.6) is 0 Å². The number of hydrazine groups is 1. The molecule has 2 unspecified atom stereocenters. The van der Waals surface area contributed by atoms with Gasteiger partial charge in [-0.25, -0.2) is 0 Å². The summed E-state index contributed by atoms with van der Waals surface area (Å²) in [6.07, 6.45) is 19.3. The van der Waals surface area contributed by atoms with E-state index in [1.54, 1.807) is 0 Å². The Morgan fingerprint density at radius 2 is 2.05 bits per heavy atom. The van der Waals surface area contributed by atoms with Crippen LogP contribution in [0.25, 0.3) is 0 Å². The van der Waals surface area contributed by atoms with E-state index >= 15 is 0 Å². The minimum absolute atomic E-state index is 0.154. The van der Waals surface area contributed by atoms with E-state index in [2.05, 4.69) is 50.5 Å². The summed E-state index contributed by atoms with van der Waals surface area (Å²) < 4.78 is 5.99. The van der Waals surface area contributed by atoms with Crippen LogP contribution in [0.3, 0.4) is 0 Å². The van der Waals surface area contributed by atoms with Crippen molar-refractivity contribution in [2.75, 3.05) is 19.6 Å². The molecule has 0 amide bonds. The van der Waals surface area contributed by atoms with E-state index in [0.29, 0.717) is 0 Å². The number of nitrogens with zero attached hydrogens (tertiary/aromatic N) is 4. The first-order chi connectivity index (χ1) is 10.4. The van der Waals surface area contributed by atoms with Crippen molar-refractivity contribution in [2.45, 2.75) is 37.5 Å². The van der Waals surface area contributed by atoms with Gasteiger partial charge in [0.1, 0.15) is 6.10 Å². The molecule has 4 aliphatic rings. The summed E-state index contributed by atoms with van der Waals surface area (Å²) in [5.41, 5.74) is -0.160. The number of rotatable bonds is 3. The summed E-state index contributed by atoms with van der Waals surface area (Å²) in [5.74, 6) is 0. The molecule has 0 fully saturated rings. The van der Waals surface area contributed by atoms with Gasteiger partial charge in [-0.3, -0.25) is 15.0 Å². The molecule has 112 valence electrons. The molecule has 4 heterocycles. The van der Waals surface area contributed by atoms with Gasteiger partial charge in [0.25, 0.3) is 0 Å². The van der Waals surface area contributed by atoms with Gasteiger partial charge in [0, 0.05) is 31.9 Å². The van der Waals surface area contributed by atoms with E-state index in [4.69, 9.17) is 4.74 Å². The first-order valence-electron chi connectivity index (χ1n) is 7.88. The quantitative estimate of drug-likeness (QED) is 0.795. The molecule has 0 saturated carbocycles. The number of hydrogen-bond acceptors (Lipinski definition) is 5. The fourth-order valence-electron chi connectivity index (χ4n) is 3.80. The summed E-state index contributed by atoms with van der Waals surface area (Å²) in [6, 6.07) is 0. The lowest BCUT2D eigenvalue weighted by atomic mass is 9.90. The SMILES string of the molecule is C1=CN(N2C=CCCC2(C2CC=CO2)N2C=NCC2)CC1. The van der Waals surface area contributed by atoms with Gasteiger partial charge in [0.2, 0.25) is 0 Å². The predicted octanol–water partition coefficient (Wildman–Crippen LogP) is 2.07. The van der Waals surface area contributed by atoms with Crippen molar-refractivity contribution in [3.63, 3.8) is 0 Å². The van der Waals surface area contributed by atoms with Crippen LogP contribution < -0.4 is 0 Å². The first-order valence-corrected chi connectivity index (χ1v) is 7.88. The molecular formula is C16H22N4O. The first kappa shape index (κ1) is 12.8. The topological polar surface area (TPSA) is 31.3 Å². The average Bonchev–Trinajstić information content (AvgIpc) is 3.29. The molecular weight excluding hydrogens is 264 g/mol. The molecule has 0 N–H and O–H groups in total. The third kappa shape index (κ3) is 1.94. The highest BCUT2D eigenvalue weighted by molar-refractivity contribution is 5.59. The van der Waals surface area contributed by atoms with Gasteiger partial charge in [-0.05, 0) is 25.3 Å². The third-order valence-corrected chi connectivity index (χ3v) is 4.79. The molecule has 0 saturated heterocycles. The highest BCUT2D eigenvalue weighted by atomic mass is 16.5. The zero-order chi connectivity index (χ0) is 14.1. The van der Waals surface area contributed by atoms with Crippen molar-refractivity contribution in [1.29, 1.82) is 0 Å². The van der Waals surface area contributed by atoms with E-state index in [0.717, 1.165) is 45.3 Å². The second-order valence-corrected chi connectivity index (χ2v) is 5.93. The van der Waals surface area contributed by atoms with Crippen molar-refractivity contribution < 1.29 is 4.74 Å². The fraction of sp³-hybridized carbons (Fsp3) is 0.562. The number of aliphatic imine (C=N–C) groups is 1. The van der Waals surface area contributed by atoms with E-state index in [-0.39, 0.29) is 11.8 Å². The van der Waals surface area contributed by atoms with Crippen LogP contribution in [0.1, 0.15) is 25.7 Å². The summed E-state index contributed by atoms with van der Waals surface area (Å²) in [7, 11) is 0. The lowest BCUT2D eigenvalue weighted by molar-refractivity contribution is -0.158. The van der Waals surface area contributed by atoms with Crippen LogP contribution in [-0.2, 0) is 4.74 Å². The number of ether oxygens (including phenoxy) is 1. The Labute approximate surface area is 125 Å². The molecule has 0 bridgehead atoms. The molecule has 0 aromatic heterocycles. The summed E-state index contributed by atoms with van der Waals surface area (Å²) >= 11 is 0. The van der Waals surface area contributed by atoms with Gasteiger partial charge >= 0.3 is 0 Å². The van der Waals surface area contributed by atoms with Gasteiger partial charge in [-0.2, -0.15) is 0 Å². The maximum Gasteiger partial charge on any atom is 0.170 e. The Morgan fingerprint density at radius 3 is 2.76 bits per heavy atom. The molecule has 0 aliphatic carbocycles. The van der Waals surface area contributed by atoms with E-state index in [9.17, 15) is 0 Å². The standard InChI is InChI=1S/C16H22N4O/c1-2-11-20(19-9-3-4-10-19)16(7-1,15-6-5-13-21-15)18-12-8-17-14-18/h2-3,5,9,11,13-15H,1,4,6-8,10,12H2. The molecule has 5 heteroatoms. The monoisotopic (exact) mass is 286 g/mol. The van der Waals surface area contributed by atoms with Crippen LogP contribution in [0.15, 0.2) is 41.9 Å². The third-order valence-electron chi connectivity index (χ3n) is 4.79. The van der Waals surface area contributed by atoms with Crippen molar-refractivity contribution in [3.05, 3.63) is 36.9 Å². The largest absolute Gasteiger partial charge is 0.494 e. The van der Waals surface area contributed by atoms with Crippen LogP contribution in [0.2, 0.25) is 0 Å². The lowest BCUT2D eigenvalue weighted by Gasteiger charge is -2.55. The maximum absolute atomic E-state index is 5.99. The molecule has 0 radical (unpaired) electrons. The second-order valence-electron chi connectivity index (χ2n) is 5.93. The minimum atomic E-state index is -0.160. The molecule has 0 spiro atoms. The molecule has 0 aromatic rings. The minimum Gasteiger partial charge on any atom is -0.494 e. The van der Waals surface area contributed by atoms with Gasteiger partial charge < -0.3 is 9.64 Å². The fourth-order valence-corrected chi connectivity index (χ4v) is 3.80. The van der Waals surface area contributed by atoms with Crippen molar-refractivity contribution in [3.8, 4) is 0 Å². The van der Waals surface area contributed by atoms with Crippen LogP contribution in [0.4, 0.5) is 0 Å². The molecule has 5 nitrogen and oxygen atoms in total. The van der Waals surface area contributed by atoms with E-state index < -0.39 is 0 Å². The Bertz CT molecular complexity index is 504. The van der Waals surface area contributed by atoms with Gasteiger partial charge in [-0.15, -0.1) is 0 Å². The Balaban J connectivity index is 1.73. The van der Waals surface area contributed by atoms with Crippen molar-refractivity contribution in [2.24, 2.45) is 4.99 Å². The van der Waals surface area contributed by atoms with E-state index in [1.807, 2.05) is 12.6 Å². The number of hydrogen-bond donors (Lipinski definition) is 0. The summed E-state index contributed by atoms with van der Waals surface area (Å²) in [6.45, 7) is 2.90. The Morgan fingerprint density at radius 1 is 1.10 bits per heavy atom. The van der Waals surface area contributed by atoms with Crippen molar-refractivity contribution in [1.82, 2.24) is 14.9 Å². The van der Waals surface area contributed by atoms with Gasteiger partial charge in [-0.1, -0.05) is 12.2 Å².